The van der Waals surface area contributed by atoms with Crippen LogP contribution in [0.1, 0.15) is 21.5 Å². The van der Waals surface area contributed by atoms with Gasteiger partial charge in [0.05, 0.1) is 11.1 Å². The summed E-state index contributed by atoms with van der Waals surface area (Å²) in [5.41, 5.74) is 6.88. The second-order valence-electron chi connectivity index (χ2n) is 4.24. The summed E-state index contributed by atoms with van der Waals surface area (Å²) in [5.74, 6) is -1.15. The third kappa shape index (κ3) is 3.58. The third-order valence-electron chi connectivity index (χ3n) is 2.75. The van der Waals surface area contributed by atoms with Crippen molar-refractivity contribution in [2.45, 2.75) is 6.61 Å². The van der Waals surface area contributed by atoms with Crippen LogP contribution in [-0.2, 0) is 11.3 Å². The zero-order valence-electron chi connectivity index (χ0n) is 10.8. The Morgan fingerprint density at radius 1 is 1.33 bits per heavy atom. The Morgan fingerprint density at radius 2 is 2.10 bits per heavy atom. The van der Waals surface area contributed by atoms with E-state index in [9.17, 15) is 9.18 Å². The van der Waals surface area contributed by atoms with E-state index < -0.39 is 11.8 Å². The van der Waals surface area contributed by atoms with Crippen LogP contribution in [0.15, 0.2) is 40.9 Å². The number of anilines is 1. The first-order chi connectivity index (χ1) is 10.0. The van der Waals surface area contributed by atoms with Crippen LogP contribution in [0.5, 0.6) is 0 Å². The van der Waals surface area contributed by atoms with E-state index in [4.69, 9.17) is 15.7 Å². The molecule has 2 aromatic carbocycles. The van der Waals surface area contributed by atoms with Crippen molar-refractivity contribution < 1.29 is 13.9 Å². The smallest absolute Gasteiger partial charge is 0.338 e. The lowest BCUT2D eigenvalue weighted by Crippen LogP contribution is -2.06. The van der Waals surface area contributed by atoms with Gasteiger partial charge in [-0.3, -0.25) is 0 Å². The Bertz CT molecular complexity index is 741. The van der Waals surface area contributed by atoms with E-state index in [0.717, 1.165) is 0 Å². The summed E-state index contributed by atoms with van der Waals surface area (Å²) in [5, 5.41) is 8.74. The molecule has 2 aromatic rings. The molecule has 0 atom stereocenters. The SMILES string of the molecule is N#Cc1cc(COC(=O)c2ccc(Br)c(N)c2)ccc1F. The van der Waals surface area contributed by atoms with Crippen molar-refractivity contribution in [2.24, 2.45) is 0 Å². The summed E-state index contributed by atoms with van der Waals surface area (Å²) in [6.45, 7) is -0.0518. The first-order valence-electron chi connectivity index (χ1n) is 5.92. The summed E-state index contributed by atoms with van der Waals surface area (Å²) < 4.78 is 19.0. The molecule has 106 valence electrons. The Morgan fingerprint density at radius 3 is 2.76 bits per heavy atom. The summed E-state index contributed by atoms with van der Waals surface area (Å²) >= 11 is 3.23. The number of esters is 1. The second kappa shape index (κ2) is 6.37. The number of rotatable bonds is 3. The number of benzene rings is 2. The van der Waals surface area contributed by atoms with Crippen molar-refractivity contribution in [3.05, 3.63) is 63.4 Å². The van der Waals surface area contributed by atoms with Gasteiger partial charge in [0.2, 0.25) is 0 Å². The van der Waals surface area contributed by atoms with Gasteiger partial charge < -0.3 is 10.5 Å². The largest absolute Gasteiger partial charge is 0.457 e. The van der Waals surface area contributed by atoms with Gasteiger partial charge in [-0.1, -0.05) is 6.07 Å². The van der Waals surface area contributed by atoms with Gasteiger partial charge >= 0.3 is 5.97 Å². The highest BCUT2D eigenvalue weighted by Gasteiger charge is 2.10. The molecule has 0 bridgehead atoms. The molecule has 0 saturated carbocycles. The highest BCUT2D eigenvalue weighted by Crippen LogP contribution is 2.21. The molecule has 0 aliphatic heterocycles. The van der Waals surface area contributed by atoms with Crippen LogP contribution < -0.4 is 5.73 Å². The lowest BCUT2D eigenvalue weighted by Gasteiger charge is -2.07. The number of nitrogen functional groups attached to an aromatic ring is 1. The average molecular weight is 349 g/mol. The van der Waals surface area contributed by atoms with Gasteiger partial charge in [-0.05, 0) is 51.8 Å². The number of carbonyl (C=O) groups is 1. The number of hydrogen-bond donors (Lipinski definition) is 1. The normalized spacial score (nSPS) is 9.95. The van der Waals surface area contributed by atoms with Gasteiger partial charge in [0.15, 0.2) is 0 Å². The maximum atomic E-state index is 13.2. The van der Waals surface area contributed by atoms with Crippen LogP contribution in [-0.4, -0.2) is 5.97 Å². The number of halogens is 2. The van der Waals surface area contributed by atoms with Crippen LogP contribution in [0.25, 0.3) is 0 Å². The molecule has 0 aliphatic carbocycles. The maximum Gasteiger partial charge on any atom is 0.338 e. The minimum Gasteiger partial charge on any atom is -0.457 e. The molecule has 2 rings (SSSR count). The van der Waals surface area contributed by atoms with Crippen LogP contribution >= 0.6 is 15.9 Å². The van der Waals surface area contributed by atoms with Gasteiger partial charge in [0.25, 0.3) is 0 Å². The van der Waals surface area contributed by atoms with Gasteiger partial charge in [0, 0.05) is 10.2 Å². The molecular formula is C15H10BrFN2O2. The van der Waals surface area contributed by atoms with Crippen LogP contribution in [0.3, 0.4) is 0 Å². The number of ether oxygens (including phenoxy) is 1. The molecular weight excluding hydrogens is 339 g/mol. The molecule has 4 nitrogen and oxygen atoms in total. The van der Waals surface area contributed by atoms with Gasteiger partial charge in [-0.25, -0.2) is 9.18 Å². The lowest BCUT2D eigenvalue weighted by molar-refractivity contribution is 0.0472. The van der Waals surface area contributed by atoms with E-state index in [2.05, 4.69) is 15.9 Å². The van der Waals surface area contributed by atoms with Crippen molar-refractivity contribution >= 4 is 27.6 Å². The Hall–Kier alpha value is -2.39. The quantitative estimate of drug-likeness (QED) is 0.681. The molecule has 0 saturated heterocycles. The van der Waals surface area contributed by atoms with E-state index in [1.54, 1.807) is 18.2 Å². The first-order valence-corrected chi connectivity index (χ1v) is 6.71. The summed E-state index contributed by atoms with van der Waals surface area (Å²) in [4.78, 5) is 11.9. The first kappa shape index (κ1) is 15.0. The number of nitrogens with zero attached hydrogens (tertiary/aromatic N) is 1. The molecule has 2 N–H and O–H groups in total. The van der Waals surface area contributed by atoms with E-state index in [1.165, 1.54) is 24.3 Å². The molecule has 0 aliphatic rings. The third-order valence-corrected chi connectivity index (χ3v) is 3.48. The fraction of sp³-hybridized carbons (Fsp3) is 0.0667. The standard InChI is InChI=1S/C15H10BrFN2O2/c16-12-3-2-10(6-14(12)19)15(20)21-8-9-1-4-13(17)11(5-9)7-18/h1-6H,8,19H2. The van der Waals surface area contributed by atoms with Crippen LogP contribution in [0.2, 0.25) is 0 Å². The summed E-state index contributed by atoms with van der Waals surface area (Å²) in [6, 6.07) is 10.4. The monoisotopic (exact) mass is 348 g/mol. The molecule has 21 heavy (non-hydrogen) atoms. The van der Waals surface area contributed by atoms with Crippen molar-refractivity contribution in [1.82, 2.24) is 0 Å². The molecule has 6 heteroatoms. The summed E-state index contributed by atoms with van der Waals surface area (Å²) in [6.07, 6.45) is 0. The minimum absolute atomic E-state index is 0.0518. The minimum atomic E-state index is -0.603. The lowest BCUT2D eigenvalue weighted by atomic mass is 10.1. The molecule has 0 spiro atoms. The zero-order chi connectivity index (χ0) is 15.4. The van der Waals surface area contributed by atoms with Gasteiger partial charge in [-0.2, -0.15) is 5.26 Å². The van der Waals surface area contributed by atoms with E-state index in [-0.39, 0.29) is 12.2 Å². The average Bonchev–Trinajstić information content (AvgIpc) is 2.48. The highest BCUT2D eigenvalue weighted by atomic mass is 79.9. The molecule has 0 radical (unpaired) electrons. The molecule has 0 aromatic heterocycles. The van der Waals surface area contributed by atoms with Crippen molar-refractivity contribution in [3.63, 3.8) is 0 Å². The van der Waals surface area contributed by atoms with Crippen LogP contribution in [0.4, 0.5) is 10.1 Å². The Labute approximate surface area is 129 Å². The molecule has 0 unspecified atom stereocenters. The Balaban J connectivity index is 2.07. The molecule has 0 heterocycles. The van der Waals surface area contributed by atoms with Crippen molar-refractivity contribution in [3.8, 4) is 6.07 Å². The second-order valence-corrected chi connectivity index (χ2v) is 5.09. The number of nitriles is 1. The van der Waals surface area contributed by atoms with E-state index >= 15 is 0 Å². The maximum absolute atomic E-state index is 13.2. The Kier molecular flexibility index (Phi) is 4.55. The molecule has 0 amide bonds. The fourth-order valence-electron chi connectivity index (χ4n) is 1.65. The van der Waals surface area contributed by atoms with Gasteiger partial charge in [-0.15, -0.1) is 0 Å². The highest BCUT2D eigenvalue weighted by molar-refractivity contribution is 9.10. The molecule has 0 fully saturated rings. The summed E-state index contributed by atoms with van der Waals surface area (Å²) in [7, 11) is 0. The topological polar surface area (TPSA) is 76.1 Å². The van der Waals surface area contributed by atoms with Crippen molar-refractivity contribution in [2.75, 3.05) is 5.73 Å². The van der Waals surface area contributed by atoms with E-state index in [0.29, 0.717) is 21.3 Å². The number of hydrogen-bond acceptors (Lipinski definition) is 4. The fourth-order valence-corrected chi connectivity index (χ4v) is 1.90. The van der Waals surface area contributed by atoms with Crippen molar-refractivity contribution in [1.29, 1.82) is 5.26 Å². The zero-order valence-corrected chi connectivity index (χ0v) is 12.4. The number of carbonyl (C=O) groups excluding carboxylic acids is 1. The number of nitrogens with two attached hydrogens (primary N) is 1. The van der Waals surface area contributed by atoms with Crippen LogP contribution in [0, 0.1) is 17.1 Å². The predicted molar refractivity (Wildman–Crippen MR) is 78.8 cm³/mol. The van der Waals surface area contributed by atoms with E-state index in [1.807, 2.05) is 0 Å². The predicted octanol–water partition coefficient (Wildman–Crippen LogP) is 3.40. The van der Waals surface area contributed by atoms with Gasteiger partial charge in [0.1, 0.15) is 18.5 Å².